The predicted octanol–water partition coefficient (Wildman–Crippen LogP) is 11.7. The van der Waals surface area contributed by atoms with E-state index in [0.29, 0.717) is 0 Å². The Morgan fingerprint density at radius 2 is 0.811 bits per heavy atom. The zero-order chi connectivity index (χ0) is 26.4. The second-order valence-corrected chi connectivity index (χ2v) is 11.2. The molecule has 0 aromatic heterocycles. The maximum atomic E-state index is 6.26. The van der Waals surface area contributed by atoms with Gasteiger partial charge in [-0.25, -0.2) is 0 Å². The third-order valence-corrected chi connectivity index (χ3v) is 7.60. The quantitative estimate of drug-likeness (QED) is 0.131. The highest BCUT2D eigenvalue weighted by atomic mass is 16.5. The number of fused-ring (bicyclic) bond motifs is 1. The van der Waals surface area contributed by atoms with Crippen molar-refractivity contribution in [2.24, 2.45) is 0 Å². The molecule has 0 aliphatic heterocycles. The molecular formula is C35H58O2. The summed E-state index contributed by atoms with van der Waals surface area (Å²) in [6.07, 6.45) is 27.0. The maximum absolute atomic E-state index is 6.26. The molecule has 0 saturated carbocycles. The molecule has 0 aliphatic rings. The number of unbranched alkanes of at least 4 members (excludes halogenated alkanes) is 18. The summed E-state index contributed by atoms with van der Waals surface area (Å²) >= 11 is 0. The molecule has 0 aliphatic carbocycles. The summed E-state index contributed by atoms with van der Waals surface area (Å²) in [7, 11) is 0. The Labute approximate surface area is 229 Å². The van der Waals surface area contributed by atoms with Crippen molar-refractivity contribution in [3.8, 4) is 11.5 Å². The van der Waals surface area contributed by atoms with Gasteiger partial charge in [-0.3, -0.25) is 0 Å². The highest BCUT2D eigenvalue weighted by molar-refractivity contribution is 5.93. The van der Waals surface area contributed by atoms with E-state index in [9.17, 15) is 0 Å². The molecule has 0 N–H and O–H groups in total. The smallest absolute Gasteiger partial charge is 0.127 e. The molecule has 0 amide bonds. The SMILES string of the molecule is CCCCCCCCCCCCOc1ccc(OCCCCCCCCCCCC)c2cc(C)ccc12. The van der Waals surface area contributed by atoms with Crippen LogP contribution in [0.1, 0.15) is 148 Å². The minimum Gasteiger partial charge on any atom is -0.493 e. The van der Waals surface area contributed by atoms with Gasteiger partial charge in [-0.15, -0.1) is 0 Å². The van der Waals surface area contributed by atoms with Crippen LogP contribution in [-0.2, 0) is 0 Å². The van der Waals surface area contributed by atoms with Crippen LogP contribution in [0.25, 0.3) is 10.8 Å². The number of rotatable bonds is 24. The fourth-order valence-electron chi connectivity index (χ4n) is 5.20. The van der Waals surface area contributed by atoms with Gasteiger partial charge in [-0.2, -0.15) is 0 Å². The molecule has 210 valence electrons. The highest BCUT2D eigenvalue weighted by Crippen LogP contribution is 2.34. The Hall–Kier alpha value is -1.70. The Morgan fingerprint density at radius 3 is 1.24 bits per heavy atom. The van der Waals surface area contributed by atoms with Crippen molar-refractivity contribution in [2.75, 3.05) is 13.2 Å². The van der Waals surface area contributed by atoms with Gasteiger partial charge in [0.1, 0.15) is 11.5 Å². The average molecular weight is 511 g/mol. The van der Waals surface area contributed by atoms with Crippen LogP contribution in [0.5, 0.6) is 11.5 Å². The van der Waals surface area contributed by atoms with Gasteiger partial charge < -0.3 is 9.47 Å². The van der Waals surface area contributed by atoms with Crippen LogP contribution < -0.4 is 9.47 Å². The minimum atomic E-state index is 0.804. The van der Waals surface area contributed by atoms with Crippen LogP contribution in [0.2, 0.25) is 0 Å². The van der Waals surface area contributed by atoms with Crippen molar-refractivity contribution in [3.63, 3.8) is 0 Å². The lowest BCUT2D eigenvalue weighted by molar-refractivity contribution is 0.301. The van der Waals surface area contributed by atoms with Crippen LogP contribution in [0.4, 0.5) is 0 Å². The van der Waals surface area contributed by atoms with Crippen molar-refractivity contribution in [2.45, 2.75) is 149 Å². The Kier molecular flexibility index (Phi) is 18.1. The second-order valence-electron chi connectivity index (χ2n) is 11.2. The lowest BCUT2D eigenvalue weighted by Gasteiger charge is -2.14. The third kappa shape index (κ3) is 14.1. The molecule has 2 rings (SSSR count). The lowest BCUT2D eigenvalue weighted by atomic mass is 10.1. The van der Waals surface area contributed by atoms with E-state index in [1.807, 2.05) is 0 Å². The summed E-state index contributed by atoms with van der Waals surface area (Å²) in [5.41, 5.74) is 1.27. The van der Waals surface area contributed by atoms with Crippen LogP contribution >= 0.6 is 0 Å². The van der Waals surface area contributed by atoms with Crippen molar-refractivity contribution in [1.29, 1.82) is 0 Å². The molecule has 2 heteroatoms. The van der Waals surface area contributed by atoms with E-state index in [-0.39, 0.29) is 0 Å². The van der Waals surface area contributed by atoms with E-state index >= 15 is 0 Å². The summed E-state index contributed by atoms with van der Waals surface area (Å²) in [6, 6.07) is 10.9. The van der Waals surface area contributed by atoms with Gasteiger partial charge in [-0.05, 0) is 38.0 Å². The van der Waals surface area contributed by atoms with Crippen LogP contribution in [0.3, 0.4) is 0 Å². The first-order chi connectivity index (χ1) is 18.3. The van der Waals surface area contributed by atoms with Gasteiger partial charge in [0, 0.05) is 10.8 Å². The van der Waals surface area contributed by atoms with E-state index < -0.39 is 0 Å². The summed E-state index contributed by atoms with van der Waals surface area (Å²) < 4.78 is 12.5. The molecule has 0 fully saturated rings. The van der Waals surface area contributed by atoms with E-state index in [4.69, 9.17) is 9.47 Å². The third-order valence-electron chi connectivity index (χ3n) is 7.60. The van der Waals surface area contributed by atoms with E-state index in [2.05, 4.69) is 51.1 Å². The molecule has 0 saturated heterocycles. The molecule has 0 unspecified atom stereocenters. The van der Waals surface area contributed by atoms with Gasteiger partial charge in [-0.1, -0.05) is 147 Å². The van der Waals surface area contributed by atoms with Crippen molar-refractivity contribution < 1.29 is 9.47 Å². The molecular weight excluding hydrogens is 452 g/mol. The Balaban J connectivity index is 1.65. The molecule has 2 aromatic rings. The summed E-state index contributed by atoms with van der Waals surface area (Å²) in [4.78, 5) is 0. The molecule has 0 spiro atoms. The molecule has 0 atom stereocenters. The first-order valence-corrected chi connectivity index (χ1v) is 16.0. The molecule has 2 nitrogen and oxygen atoms in total. The Morgan fingerprint density at radius 1 is 0.432 bits per heavy atom. The monoisotopic (exact) mass is 510 g/mol. The standard InChI is InChI=1S/C35H58O2/c1-4-6-8-10-12-14-16-18-20-22-28-36-34-26-27-35(33-30-31(3)24-25-32(33)34)37-29-23-21-19-17-15-13-11-9-7-5-2/h24-27,30H,4-23,28-29H2,1-3H3. The molecule has 0 radical (unpaired) electrons. The normalized spacial score (nSPS) is 11.3. The number of benzene rings is 2. The number of hydrogen-bond acceptors (Lipinski definition) is 2. The zero-order valence-electron chi connectivity index (χ0n) is 24.8. The first kappa shape index (κ1) is 31.5. The van der Waals surface area contributed by atoms with Crippen LogP contribution in [0.15, 0.2) is 30.3 Å². The zero-order valence-corrected chi connectivity index (χ0v) is 24.8. The number of ether oxygens (including phenoxy) is 2. The van der Waals surface area contributed by atoms with Gasteiger partial charge in [0.2, 0.25) is 0 Å². The van der Waals surface area contributed by atoms with Crippen LogP contribution in [-0.4, -0.2) is 13.2 Å². The van der Waals surface area contributed by atoms with Crippen molar-refractivity contribution >= 4 is 10.8 Å². The second kappa shape index (κ2) is 21.3. The van der Waals surface area contributed by atoms with E-state index in [1.54, 1.807) is 0 Å². The van der Waals surface area contributed by atoms with Crippen molar-refractivity contribution in [3.05, 3.63) is 35.9 Å². The minimum absolute atomic E-state index is 0.804. The fourth-order valence-corrected chi connectivity index (χ4v) is 5.20. The van der Waals surface area contributed by atoms with Crippen LogP contribution in [0, 0.1) is 6.92 Å². The lowest BCUT2D eigenvalue weighted by Crippen LogP contribution is -2.01. The maximum Gasteiger partial charge on any atom is 0.127 e. The summed E-state index contributed by atoms with van der Waals surface area (Å²) in [5, 5.41) is 2.37. The van der Waals surface area contributed by atoms with E-state index in [0.717, 1.165) is 37.6 Å². The van der Waals surface area contributed by atoms with E-state index in [1.165, 1.54) is 132 Å². The number of aryl methyl sites for hydroxylation is 1. The van der Waals surface area contributed by atoms with Gasteiger partial charge in [0.15, 0.2) is 0 Å². The summed E-state index contributed by atoms with van der Waals surface area (Å²) in [5.74, 6) is 2.00. The average Bonchev–Trinajstić information content (AvgIpc) is 2.91. The fraction of sp³-hybridized carbons (Fsp3) is 0.714. The van der Waals surface area contributed by atoms with Gasteiger partial charge in [0.05, 0.1) is 13.2 Å². The first-order valence-electron chi connectivity index (χ1n) is 16.0. The molecule has 0 heterocycles. The highest BCUT2D eigenvalue weighted by Gasteiger charge is 2.09. The Bertz CT molecular complexity index is 812. The molecule has 37 heavy (non-hydrogen) atoms. The molecule has 0 bridgehead atoms. The topological polar surface area (TPSA) is 18.5 Å². The van der Waals surface area contributed by atoms with Gasteiger partial charge in [0.25, 0.3) is 0 Å². The number of hydrogen-bond donors (Lipinski definition) is 0. The summed E-state index contributed by atoms with van der Waals surface area (Å²) in [6.45, 7) is 8.33. The van der Waals surface area contributed by atoms with Crippen molar-refractivity contribution in [1.82, 2.24) is 0 Å². The molecule has 2 aromatic carbocycles. The predicted molar refractivity (Wildman–Crippen MR) is 163 cm³/mol. The largest absolute Gasteiger partial charge is 0.493 e. The van der Waals surface area contributed by atoms with Gasteiger partial charge >= 0.3 is 0 Å².